The third-order valence-corrected chi connectivity index (χ3v) is 4.33. The molecule has 0 aliphatic rings. The number of carbonyl (C=O) groups excluding carboxylic acids is 2. The summed E-state index contributed by atoms with van der Waals surface area (Å²) in [7, 11) is 1.59. The summed E-state index contributed by atoms with van der Waals surface area (Å²) in [6.45, 7) is 4.74. The molecule has 1 aromatic rings. The van der Waals surface area contributed by atoms with E-state index in [0.717, 1.165) is 4.88 Å². The smallest absolute Gasteiger partial charge is 0.324 e. The number of thiophene rings is 1. The fourth-order valence-electron chi connectivity index (χ4n) is 1.62. The summed E-state index contributed by atoms with van der Waals surface area (Å²) < 4.78 is 0. The summed E-state index contributed by atoms with van der Waals surface area (Å²) in [5.74, 6) is -1.68. The molecular formula is C14H20N2O4S. The molecule has 0 saturated heterocycles. The number of carboxylic acid groups (broad SMARTS) is 1. The Kier molecular flexibility index (Phi) is 5.48. The normalized spacial score (nSPS) is 12.6. The first-order valence-electron chi connectivity index (χ1n) is 6.48. The highest BCUT2D eigenvalue weighted by Crippen LogP contribution is 2.24. The number of carboxylic acids is 1. The van der Waals surface area contributed by atoms with E-state index in [4.69, 9.17) is 5.11 Å². The van der Waals surface area contributed by atoms with E-state index in [2.05, 4.69) is 5.32 Å². The number of nitrogens with one attached hydrogen (secondary N) is 1. The minimum atomic E-state index is -1.21. The topological polar surface area (TPSA) is 86.7 Å². The molecule has 1 aromatic heterocycles. The van der Waals surface area contributed by atoms with Crippen LogP contribution in [0.3, 0.4) is 0 Å². The average molecular weight is 312 g/mol. The second-order valence-corrected chi connectivity index (χ2v) is 6.50. The lowest BCUT2D eigenvalue weighted by atomic mass is 9.89. The standard InChI is InChI=1S/C14H20N2O4S/c1-9(10-6-5-7-21-10)16(4)13(20)15-11(17)8-14(2,3)12(18)19/h5-7,9H,8H2,1-4H3,(H,18,19)(H,15,17,20). The SMILES string of the molecule is CC(c1cccs1)N(C)C(=O)NC(=O)CC(C)(C)C(=O)O. The zero-order valence-electron chi connectivity index (χ0n) is 12.5. The Morgan fingerprint density at radius 1 is 1.43 bits per heavy atom. The van der Waals surface area contributed by atoms with Crippen LogP contribution in [0.25, 0.3) is 0 Å². The van der Waals surface area contributed by atoms with Crippen molar-refractivity contribution in [3.05, 3.63) is 22.4 Å². The monoisotopic (exact) mass is 312 g/mol. The van der Waals surface area contributed by atoms with E-state index in [1.165, 1.54) is 30.1 Å². The molecule has 21 heavy (non-hydrogen) atoms. The zero-order chi connectivity index (χ0) is 16.2. The molecule has 1 unspecified atom stereocenters. The Labute approximate surface area is 127 Å². The molecule has 0 spiro atoms. The Morgan fingerprint density at radius 3 is 2.52 bits per heavy atom. The van der Waals surface area contributed by atoms with Gasteiger partial charge in [0.25, 0.3) is 0 Å². The molecule has 0 bridgehead atoms. The van der Waals surface area contributed by atoms with Gasteiger partial charge in [-0.15, -0.1) is 11.3 Å². The quantitative estimate of drug-likeness (QED) is 0.874. The van der Waals surface area contributed by atoms with E-state index < -0.39 is 23.3 Å². The third-order valence-electron chi connectivity index (χ3n) is 3.28. The largest absolute Gasteiger partial charge is 0.481 e. The number of aliphatic carboxylic acids is 1. The fourth-order valence-corrected chi connectivity index (χ4v) is 2.45. The van der Waals surface area contributed by atoms with E-state index in [9.17, 15) is 14.4 Å². The number of nitrogens with zero attached hydrogens (tertiary/aromatic N) is 1. The summed E-state index contributed by atoms with van der Waals surface area (Å²) in [5, 5.41) is 13.1. The number of hydrogen-bond donors (Lipinski definition) is 2. The summed E-state index contributed by atoms with van der Waals surface area (Å²) in [4.78, 5) is 37.2. The Morgan fingerprint density at radius 2 is 2.05 bits per heavy atom. The maximum atomic E-state index is 12.0. The first-order chi connectivity index (χ1) is 9.65. The van der Waals surface area contributed by atoms with Gasteiger partial charge in [-0.1, -0.05) is 6.07 Å². The first-order valence-corrected chi connectivity index (χ1v) is 7.36. The molecule has 0 fully saturated rings. The molecule has 1 rings (SSSR count). The van der Waals surface area contributed by atoms with Crippen LogP contribution in [0, 0.1) is 5.41 Å². The van der Waals surface area contributed by atoms with Gasteiger partial charge in [-0.2, -0.15) is 0 Å². The molecule has 0 aromatic carbocycles. The molecule has 7 heteroatoms. The Bertz CT molecular complexity index is 525. The minimum absolute atomic E-state index is 0.162. The van der Waals surface area contributed by atoms with Crippen molar-refractivity contribution in [2.45, 2.75) is 33.2 Å². The lowest BCUT2D eigenvalue weighted by Crippen LogP contribution is -2.43. The highest BCUT2D eigenvalue weighted by atomic mass is 32.1. The lowest BCUT2D eigenvalue weighted by molar-refractivity contribution is -0.149. The highest BCUT2D eigenvalue weighted by molar-refractivity contribution is 7.10. The van der Waals surface area contributed by atoms with Gasteiger partial charge in [0.15, 0.2) is 0 Å². The number of imide groups is 1. The van der Waals surface area contributed by atoms with Gasteiger partial charge in [0.2, 0.25) is 5.91 Å². The summed E-state index contributed by atoms with van der Waals surface area (Å²) in [6.07, 6.45) is -0.255. The molecular weight excluding hydrogens is 292 g/mol. The first kappa shape index (κ1) is 17.2. The number of rotatable bonds is 5. The molecule has 0 radical (unpaired) electrons. The number of amides is 3. The molecule has 0 aliphatic carbocycles. The predicted molar refractivity (Wildman–Crippen MR) is 80.1 cm³/mol. The van der Waals surface area contributed by atoms with Gasteiger partial charge in [0, 0.05) is 18.3 Å². The molecule has 3 amide bonds. The van der Waals surface area contributed by atoms with Crippen LogP contribution in [-0.4, -0.2) is 35.0 Å². The average Bonchev–Trinajstić information content (AvgIpc) is 2.89. The van der Waals surface area contributed by atoms with Crippen molar-refractivity contribution in [3.8, 4) is 0 Å². The van der Waals surface area contributed by atoms with E-state index in [-0.39, 0.29) is 12.5 Å². The van der Waals surface area contributed by atoms with Gasteiger partial charge in [-0.25, -0.2) is 4.79 Å². The second-order valence-electron chi connectivity index (χ2n) is 5.52. The fraction of sp³-hybridized carbons (Fsp3) is 0.500. The number of carbonyl (C=O) groups is 3. The predicted octanol–water partition coefficient (Wildman–Crippen LogP) is 2.48. The van der Waals surface area contributed by atoms with Crippen molar-refractivity contribution in [2.24, 2.45) is 5.41 Å². The van der Waals surface area contributed by atoms with Crippen molar-refractivity contribution in [1.82, 2.24) is 10.2 Å². The maximum Gasteiger partial charge on any atom is 0.324 e. The lowest BCUT2D eigenvalue weighted by Gasteiger charge is -2.25. The summed E-state index contributed by atoms with van der Waals surface area (Å²) >= 11 is 1.53. The molecule has 1 atom stereocenters. The zero-order valence-corrected chi connectivity index (χ0v) is 13.4. The van der Waals surface area contributed by atoms with Crippen molar-refractivity contribution >= 4 is 29.2 Å². The van der Waals surface area contributed by atoms with Crippen molar-refractivity contribution < 1.29 is 19.5 Å². The van der Waals surface area contributed by atoms with Crippen molar-refractivity contribution in [2.75, 3.05) is 7.05 Å². The van der Waals surface area contributed by atoms with Crippen LogP contribution in [0.1, 0.15) is 38.1 Å². The van der Waals surface area contributed by atoms with Crippen molar-refractivity contribution in [1.29, 1.82) is 0 Å². The van der Waals surface area contributed by atoms with Crippen LogP contribution in [0.5, 0.6) is 0 Å². The van der Waals surface area contributed by atoms with Crippen LogP contribution >= 0.6 is 11.3 Å². The van der Waals surface area contributed by atoms with E-state index >= 15 is 0 Å². The van der Waals surface area contributed by atoms with E-state index in [0.29, 0.717) is 0 Å². The van der Waals surface area contributed by atoms with Gasteiger partial charge in [-0.3, -0.25) is 14.9 Å². The van der Waals surface area contributed by atoms with Gasteiger partial charge in [0.05, 0.1) is 11.5 Å². The highest BCUT2D eigenvalue weighted by Gasteiger charge is 2.31. The Balaban J connectivity index is 2.60. The van der Waals surface area contributed by atoms with Gasteiger partial charge in [0.1, 0.15) is 0 Å². The van der Waals surface area contributed by atoms with Crippen molar-refractivity contribution in [3.63, 3.8) is 0 Å². The summed E-state index contributed by atoms with van der Waals surface area (Å²) in [6, 6.07) is 3.10. The van der Waals surface area contributed by atoms with Crippen LogP contribution in [-0.2, 0) is 9.59 Å². The van der Waals surface area contributed by atoms with Gasteiger partial charge in [-0.05, 0) is 32.2 Å². The minimum Gasteiger partial charge on any atom is -0.481 e. The molecule has 2 N–H and O–H groups in total. The number of hydrogen-bond acceptors (Lipinski definition) is 4. The van der Waals surface area contributed by atoms with Crippen LogP contribution < -0.4 is 5.32 Å². The second kappa shape index (κ2) is 6.71. The third kappa shape index (κ3) is 4.56. The van der Waals surface area contributed by atoms with Crippen LogP contribution in [0.4, 0.5) is 4.79 Å². The maximum absolute atomic E-state index is 12.0. The number of urea groups is 1. The van der Waals surface area contributed by atoms with Crippen LogP contribution in [0.15, 0.2) is 17.5 Å². The summed E-state index contributed by atoms with van der Waals surface area (Å²) in [5.41, 5.74) is -1.21. The van der Waals surface area contributed by atoms with E-state index in [1.54, 1.807) is 7.05 Å². The van der Waals surface area contributed by atoms with Crippen LogP contribution in [0.2, 0.25) is 0 Å². The molecule has 116 valence electrons. The molecule has 6 nitrogen and oxygen atoms in total. The molecule has 0 saturated carbocycles. The van der Waals surface area contributed by atoms with Gasteiger partial charge >= 0.3 is 12.0 Å². The molecule has 0 aliphatic heterocycles. The molecule has 1 heterocycles. The van der Waals surface area contributed by atoms with Gasteiger partial charge < -0.3 is 10.0 Å². The Hall–Kier alpha value is -1.89. The van der Waals surface area contributed by atoms with E-state index in [1.807, 2.05) is 24.4 Å².